The Morgan fingerprint density at radius 2 is 1.96 bits per heavy atom. The van der Waals surface area contributed by atoms with Gasteiger partial charge in [-0.15, -0.1) is 0 Å². The highest BCUT2D eigenvalue weighted by Crippen LogP contribution is 2.25. The minimum Gasteiger partial charge on any atom is -0.443 e. The van der Waals surface area contributed by atoms with Crippen LogP contribution in [0.3, 0.4) is 0 Å². The van der Waals surface area contributed by atoms with Crippen LogP contribution < -0.4 is 5.32 Å². The van der Waals surface area contributed by atoms with E-state index in [4.69, 9.17) is 4.42 Å². The molecule has 6 heteroatoms. The first-order valence-electron chi connectivity index (χ1n) is 8.27. The number of nitrogens with one attached hydrogen (secondary N) is 1. The molecule has 0 spiro atoms. The molecule has 2 N–H and O–H groups in total. The van der Waals surface area contributed by atoms with E-state index in [0.29, 0.717) is 18.1 Å². The van der Waals surface area contributed by atoms with Crippen LogP contribution in [0.2, 0.25) is 0 Å². The van der Waals surface area contributed by atoms with Crippen molar-refractivity contribution in [2.24, 2.45) is 0 Å². The van der Waals surface area contributed by atoms with E-state index in [1.807, 2.05) is 36.4 Å². The van der Waals surface area contributed by atoms with Crippen molar-refractivity contribution >= 4 is 5.91 Å². The molecule has 0 radical (unpaired) electrons. The number of amides is 1. The molecule has 2 heterocycles. The number of aliphatic hydroxyl groups excluding tert-OH is 1. The fourth-order valence-corrected chi connectivity index (χ4v) is 2.82. The summed E-state index contributed by atoms with van der Waals surface area (Å²) in [6.07, 6.45) is 3.20. The van der Waals surface area contributed by atoms with Gasteiger partial charge in [0.2, 0.25) is 5.88 Å². The molecule has 6 nitrogen and oxygen atoms in total. The molecule has 0 fully saturated rings. The largest absolute Gasteiger partial charge is 0.443 e. The summed E-state index contributed by atoms with van der Waals surface area (Å²) in [5.74, 6) is 0.235. The van der Waals surface area contributed by atoms with Crippen LogP contribution in [0.5, 0.6) is 0 Å². The van der Waals surface area contributed by atoms with E-state index in [1.165, 1.54) is 0 Å². The number of nitrogens with zero attached hydrogens (tertiary/aromatic N) is 2. The second-order valence-electron chi connectivity index (χ2n) is 5.97. The molecule has 2 aromatic heterocycles. The van der Waals surface area contributed by atoms with Crippen molar-refractivity contribution in [1.82, 2.24) is 9.88 Å². The van der Waals surface area contributed by atoms with Crippen molar-refractivity contribution in [3.8, 4) is 12.0 Å². The fourth-order valence-electron chi connectivity index (χ4n) is 2.82. The maximum atomic E-state index is 12.5. The summed E-state index contributed by atoms with van der Waals surface area (Å²) in [6.45, 7) is 1.73. The van der Waals surface area contributed by atoms with Gasteiger partial charge in [-0.2, -0.15) is 5.26 Å². The lowest BCUT2D eigenvalue weighted by Gasteiger charge is -2.12. The van der Waals surface area contributed by atoms with E-state index in [-0.39, 0.29) is 17.7 Å². The Labute approximate surface area is 151 Å². The summed E-state index contributed by atoms with van der Waals surface area (Å²) in [6, 6.07) is 15.2. The predicted molar refractivity (Wildman–Crippen MR) is 96.0 cm³/mol. The highest BCUT2D eigenvalue weighted by molar-refractivity contribution is 5.98. The minimum absolute atomic E-state index is 0.0854. The molecule has 132 valence electrons. The van der Waals surface area contributed by atoms with Crippen molar-refractivity contribution in [3.63, 3.8) is 0 Å². The smallest absolute Gasteiger partial charge is 0.256 e. The number of aliphatic hydroxyl groups is 1. The molecular weight excluding hydrogens is 330 g/mol. The number of hydrogen-bond donors (Lipinski definition) is 2. The number of nitriles is 1. The Hall–Kier alpha value is -3.30. The molecule has 0 bridgehead atoms. The molecule has 1 unspecified atom stereocenters. The molecule has 3 rings (SSSR count). The second-order valence-corrected chi connectivity index (χ2v) is 5.97. The van der Waals surface area contributed by atoms with E-state index in [9.17, 15) is 15.2 Å². The highest BCUT2D eigenvalue weighted by atomic mass is 16.4. The molecule has 0 aliphatic heterocycles. The van der Waals surface area contributed by atoms with Crippen molar-refractivity contribution in [2.45, 2.75) is 19.4 Å². The third-order valence-corrected chi connectivity index (χ3v) is 4.06. The Kier molecular flexibility index (Phi) is 5.20. The van der Waals surface area contributed by atoms with Crippen LogP contribution in [0.15, 0.2) is 59.3 Å². The van der Waals surface area contributed by atoms with Crippen LogP contribution >= 0.6 is 0 Å². The van der Waals surface area contributed by atoms with Gasteiger partial charge in [0.25, 0.3) is 5.91 Å². The number of aromatic nitrogens is 1. The molecule has 1 atom stereocenters. The fraction of sp³-hybridized carbons (Fsp3) is 0.200. The SMILES string of the molecule is Cc1oc(-n2cccc2)c(C#N)c1C(=O)NCC(O)Cc1ccccc1. The van der Waals surface area contributed by atoms with Crippen LogP contribution in [-0.4, -0.2) is 28.2 Å². The van der Waals surface area contributed by atoms with E-state index < -0.39 is 12.0 Å². The maximum absolute atomic E-state index is 12.5. The normalized spacial score (nSPS) is 11.7. The van der Waals surface area contributed by atoms with E-state index in [1.54, 1.807) is 36.0 Å². The first-order chi connectivity index (χ1) is 12.6. The molecule has 1 aromatic carbocycles. The Morgan fingerprint density at radius 1 is 1.27 bits per heavy atom. The van der Waals surface area contributed by atoms with Gasteiger partial charge in [0.15, 0.2) is 0 Å². The van der Waals surface area contributed by atoms with E-state index >= 15 is 0 Å². The number of rotatable bonds is 6. The quantitative estimate of drug-likeness (QED) is 0.715. The molecule has 0 aliphatic carbocycles. The summed E-state index contributed by atoms with van der Waals surface area (Å²) in [5, 5.41) is 22.3. The zero-order valence-electron chi connectivity index (χ0n) is 14.3. The van der Waals surface area contributed by atoms with Gasteiger partial charge in [-0.1, -0.05) is 30.3 Å². The van der Waals surface area contributed by atoms with Gasteiger partial charge in [0, 0.05) is 25.4 Å². The number of hydrogen-bond acceptors (Lipinski definition) is 4. The van der Waals surface area contributed by atoms with Crippen LogP contribution in [0.25, 0.3) is 5.88 Å². The van der Waals surface area contributed by atoms with Gasteiger partial charge in [0.05, 0.1) is 6.10 Å². The van der Waals surface area contributed by atoms with Crippen LogP contribution in [-0.2, 0) is 6.42 Å². The lowest BCUT2D eigenvalue weighted by molar-refractivity contribution is 0.0914. The topological polar surface area (TPSA) is 91.2 Å². The molecule has 0 saturated heterocycles. The van der Waals surface area contributed by atoms with E-state index in [2.05, 4.69) is 5.32 Å². The maximum Gasteiger partial charge on any atom is 0.256 e. The summed E-state index contributed by atoms with van der Waals surface area (Å²) >= 11 is 0. The van der Waals surface area contributed by atoms with Gasteiger partial charge in [0.1, 0.15) is 23.0 Å². The average molecular weight is 349 g/mol. The third kappa shape index (κ3) is 3.68. The van der Waals surface area contributed by atoms with Crippen molar-refractivity contribution in [1.29, 1.82) is 5.26 Å². The lowest BCUT2D eigenvalue weighted by Crippen LogP contribution is -2.33. The minimum atomic E-state index is -0.719. The first-order valence-corrected chi connectivity index (χ1v) is 8.27. The van der Waals surface area contributed by atoms with Crippen LogP contribution in [0.4, 0.5) is 0 Å². The molecule has 0 aliphatic rings. The third-order valence-electron chi connectivity index (χ3n) is 4.06. The zero-order valence-corrected chi connectivity index (χ0v) is 14.3. The molecular formula is C20H19N3O3. The molecule has 1 amide bonds. The summed E-state index contributed by atoms with van der Waals surface area (Å²) in [4.78, 5) is 12.5. The van der Waals surface area contributed by atoms with Crippen molar-refractivity contribution in [2.75, 3.05) is 6.54 Å². The zero-order chi connectivity index (χ0) is 18.5. The Bertz CT molecular complexity index is 921. The number of carbonyl (C=O) groups is 1. The van der Waals surface area contributed by atoms with Crippen molar-refractivity contribution in [3.05, 3.63) is 77.3 Å². The van der Waals surface area contributed by atoms with Crippen LogP contribution in [0.1, 0.15) is 27.2 Å². The predicted octanol–water partition coefficient (Wildman–Crippen LogP) is 2.58. The van der Waals surface area contributed by atoms with Crippen molar-refractivity contribution < 1.29 is 14.3 Å². The second kappa shape index (κ2) is 7.72. The molecule has 0 saturated carbocycles. The van der Waals surface area contributed by atoms with Gasteiger partial charge < -0.3 is 14.8 Å². The number of carbonyl (C=O) groups excluding carboxylic acids is 1. The number of aryl methyl sites for hydroxylation is 1. The van der Waals surface area contributed by atoms with Crippen LogP contribution in [0, 0.1) is 18.3 Å². The van der Waals surface area contributed by atoms with Gasteiger partial charge >= 0.3 is 0 Å². The summed E-state index contributed by atoms with van der Waals surface area (Å²) in [5.41, 5.74) is 1.36. The van der Waals surface area contributed by atoms with Gasteiger partial charge in [-0.3, -0.25) is 9.36 Å². The first kappa shape index (κ1) is 17.5. The Morgan fingerprint density at radius 3 is 2.62 bits per heavy atom. The molecule has 3 aromatic rings. The van der Waals surface area contributed by atoms with Gasteiger partial charge in [-0.25, -0.2) is 0 Å². The highest BCUT2D eigenvalue weighted by Gasteiger charge is 2.24. The Balaban J connectivity index is 1.71. The summed E-state index contributed by atoms with van der Waals surface area (Å²) < 4.78 is 7.27. The number of benzene rings is 1. The monoisotopic (exact) mass is 349 g/mol. The standard InChI is InChI=1S/C20H19N3O3/c1-14-18(17(12-21)20(26-14)23-9-5-6-10-23)19(25)22-13-16(24)11-15-7-3-2-4-8-15/h2-10,16,24H,11,13H2,1H3,(H,22,25). The average Bonchev–Trinajstić information content (AvgIpc) is 3.27. The summed E-state index contributed by atoms with van der Waals surface area (Å²) in [7, 11) is 0. The lowest BCUT2D eigenvalue weighted by atomic mass is 10.1. The van der Waals surface area contributed by atoms with E-state index in [0.717, 1.165) is 5.56 Å². The number of furan rings is 1. The van der Waals surface area contributed by atoms with Gasteiger partial charge in [-0.05, 0) is 24.6 Å². The molecule has 26 heavy (non-hydrogen) atoms.